The second-order valence-electron chi connectivity index (χ2n) is 4.47. The summed E-state index contributed by atoms with van der Waals surface area (Å²) in [5.74, 6) is 1.05. The first-order valence-electron chi connectivity index (χ1n) is 6.75. The molecule has 0 saturated heterocycles. The van der Waals surface area contributed by atoms with Crippen molar-refractivity contribution in [1.82, 2.24) is 14.9 Å². The molecule has 0 aliphatic carbocycles. The first-order chi connectivity index (χ1) is 9.88. The van der Waals surface area contributed by atoms with E-state index in [9.17, 15) is 0 Å². The minimum atomic E-state index is 0.749. The van der Waals surface area contributed by atoms with E-state index in [1.54, 1.807) is 7.11 Å². The van der Waals surface area contributed by atoms with E-state index in [0.29, 0.717) is 0 Å². The number of nitrogens with zero attached hydrogens (tertiary/aromatic N) is 2. The SMILES string of the molecule is COCCNCc1cccc(SCCn2ccnc2)c1. The molecule has 1 aromatic heterocycles. The fourth-order valence-electron chi connectivity index (χ4n) is 1.84. The van der Waals surface area contributed by atoms with Gasteiger partial charge in [-0.3, -0.25) is 0 Å². The molecule has 0 bridgehead atoms. The molecule has 0 amide bonds. The van der Waals surface area contributed by atoms with Gasteiger partial charge in [-0.15, -0.1) is 11.8 Å². The minimum Gasteiger partial charge on any atom is -0.383 e. The van der Waals surface area contributed by atoms with E-state index in [1.807, 2.05) is 30.5 Å². The highest BCUT2D eigenvalue weighted by molar-refractivity contribution is 7.99. The zero-order chi connectivity index (χ0) is 14.0. The summed E-state index contributed by atoms with van der Waals surface area (Å²) in [5, 5.41) is 3.36. The summed E-state index contributed by atoms with van der Waals surface area (Å²) >= 11 is 1.88. The van der Waals surface area contributed by atoms with Gasteiger partial charge in [0, 0.05) is 49.8 Å². The predicted molar refractivity (Wildman–Crippen MR) is 83.0 cm³/mol. The Morgan fingerprint density at radius 1 is 1.40 bits per heavy atom. The quantitative estimate of drug-likeness (QED) is 0.569. The number of hydrogen-bond acceptors (Lipinski definition) is 4. The monoisotopic (exact) mass is 291 g/mol. The number of rotatable bonds is 9. The maximum absolute atomic E-state index is 5.02. The van der Waals surface area contributed by atoms with Crippen molar-refractivity contribution >= 4 is 11.8 Å². The lowest BCUT2D eigenvalue weighted by Gasteiger charge is -2.07. The van der Waals surface area contributed by atoms with Crippen LogP contribution < -0.4 is 5.32 Å². The zero-order valence-corrected chi connectivity index (χ0v) is 12.6. The van der Waals surface area contributed by atoms with Crippen molar-refractivity contribution in [3.8, 4) is 0 Å². The van der Waals surface area contributed by atoms with E-state index in [4.69, 9.17) is 4.74 Å². The maximum Gasteiger partial charge on any atom is 0.0946 e. The van der Waals surface area contributed by atoms with Crippen LogP contribution in [-0.4, -0.2) is 35.6 Å². The summed E-state index contributed by atoms with van der Waals surface area (Å²) in [6, 6.07) is 8.68. The van der Waals surface area contributed by atoms with Crippen LogP contribution in [0, 0.1) is 0 Å². The lowest BCUT2D eigenvalue weighted by molar-refractivity contribution is 0.199. The number of benzene rings is 1. The first-order valence-corrected chi connectivity index (χ1v) is 7.74. The summed E-state index contributed by atoms with van der Waals surface area (Å²) in [6.45, 7) is 3.51. The number of methoxy groups -OCH3 is 1. The summed E-state index contributed by atoms with van der Waals surface area (Å²) in [5.41, 5.74) is 1.31. The minimum absolute atomic E-state index is 0.749. The molecule has 2 rings (SSSR count). The molecule has 5 heteroatoms. The molecule has 0 radical (unpaired) electrons. The topological polar surface area (TPSA) is 39.1 Å². The second-order valence-corrected chi connectivity index (χ2v) is 5.63. The molecule has 0 aliphatic heterocycles. The van der Waals surface area contributed by atoms with Crippen molar-refractivity contribution in [1.29, 1.82) is 0 Å². The molecule has 0 atom stereocenters. The van der Waals surface area contributed by atoms with E-state index in [2.05, 4.69) is 39.1 Å². The van der Waals surface area contributed by atoms with Crippen molar-refractivity contribution in [2.75, 3.05) is 26.0 Å². The van der Waals surface area contributed by atoms with Gasteiger partial charge in [-0.25, -0.2) is 4.98 Å². The number of thioether (sulfide) groups is 1. The van der Waals surface area contributed by atoms with Crippen LogP contribution in [0.15, 0.2) is 47.9 Å². The Morgan fingerprint density at radius 2 is 2.35 bits per heavy atom. The molecule has 2 aromatic rings. The third kappa shape index (κ3) is 5.36. The number of aryl methyl sites for hydroxylation is 1. The molecule has 0 unspecified atom stereocenters. The molecule has 0 saturated carbocycles. The van der Waals surface area contributed by atoms with Gasteiger partial charge in [0.1, 0.15) is 0 Å². The highest BCUT2D eigenvalue weighted by Crippen LogP contribution is 2.19. The lowest BCUT2D eigenvalue weighted by atomic mass is 10.2. The third-order valence-corrected chi connectivity index (χ3v) is 3.86. The molecule has 0 spiro atoms. The maximum atomic E-state index is 5.02. The van der Waals surface area contributed by atoms with Gasteiger partial charge in [0.2, 0.25) is 0 Å². The third-order valence-electron chi connectivity index (χ3n) is 2.89. The van der Waals surface area contributed by atoms with Crippen molar-refractivity contribution in [2.24, 2.45) is 0 Å². The van der Waals surface area contributed by atoms with Crippen molar-refractivity contribution in [3.63, 3.8) is 0 Å². The van der Waals surface area contributed by atoms with Gasteiger partial charge in [-0.2, -0.15) is 0 Å². The highest BCUT2D eigenvalue weighted by Gasteiger charge is 1.98. The second kappa shape index (κ2) is 8.79. The fraction of sp³-hybridized carbons (Fsp3) is 0.400. The Bertz CT molecular complexity index is 488. The molecule has 0 fully saturated rings. The Balaban J connectivity index is 1.74. The summed E-state index contributed by atoms with van der Waals surface area (Å²) < 4.78 is 7.12. The number of hydrogen-bond donors (Lipinski definition) is 1. The van der Waals surface area contributed by atoms with Crippen LogP contribution in [0.5, 0.6) is 0 Å². The summed E-state index contributed by atoms with van der Waals surface area (Å²) in [6.07, 6.45) is 5.67. The van der Waals surface area contributed by atoms with Crippen molar-refractivity contribution in [3.05, 3.63) is 48.5 Å². The molecule has 108 valence electrons. The number of nitrogens with one attached hydrogen (secondary N) is 1. The van der Waals surface area contributed by atoms with Crippen LogP contribution in [-0.2, 0) is 17.8 Å². The van der Waals surface area contributed by atoms with Crippen LogP contribution in [0.25, 0.3) is 0 Å². The van der Waals surface area contributed by atoms with Gasteiger partial charge in [0.15, 0.2) is 0 Å². The summed E-state index contributed by atoms with van der Waals surface area (Å²) in [4.78, 5) is 5.36. The molecular formula is C15H21N3OS. The van der Waals surface area contributed by atoms with Gasteiger partial charge in [-0.05, 0) is 17.7 Å². The van der Waals surface area contributed by atoms with Gasteiger partial charge in [0.25, 0.3) is 0 Å². The van der Waals surface area contributed by atoms with Crippen molar-refractivity contribution in [2.45, 2.75) is 18.0 Å². The van der Waals surface area contributed by atoms with Gasteiger partial charge in [0.05, 0.1) is 12.9 Å². The average molecular weight is 291 g/mol. The van der Waals surface area contributed by atoms with Crippen LogP contribution in [0.4, 0.5) is 0 Å². The molecule has 1 heterocycles. The van der Waals surface area contributed by atoms with Crippen LogP contribution in [0.1, 0.15) is 5.56 Å². The number of aromatic nitrogens is 2. The number of ether oxygens (including phenoxy) is 1. The average Bonchev–Trinajstić information content (AvgIpc) is 2.97. The highest BCUT2D eigenvalue weighted by atomic mass is 32.2. The van der Waals surface area contributed by atoms with Gasteiger partial charge in [-0.1, -0.05) is 12.1 Å². The molecule has 1 N–H and O–H groups in total. The Kier molecular flexibility index (Phi) is 6.63. The van der Waals surface area contributed by atoms with Gasteiger partial charge >= 0.3 is 0 Å². The van der Waals surface area contributed by atoms with E-state index in [0.717, 1.165) is 32.0 Å². The Morgan fingerprint density at radius 3 is 3.15 bits per heavy atom. The van der Waals surface area contributed by atoms with Gasteiger partial charge < -0.3 is 14.6 Å². The van der Waals surface area contributed by atoms with Crippen LogP contribution in [0.3, 0.4) is 0 Å². The molecule has 1 aromatic carbocycles. The van der Waals surface area contributed by atoms with E-state index in [1.165, 1.54) is 10.5 Å². The zero-order valence-electron chi connectivity index (χ0n) is 11.8. The fourth-order valence-corrected chi connectivity index (χ4v) is 2.79. The van der Waals surface area contributed by atoms with E-state index >= 15 is 0 Å². The smallest absolute Gasteiger partial charge is 0.0946 e. The van der Waals surface area contributed by atoms with Crippen molar-refractivity contribution < 1.29 is 4.74 Å². The van der Waals surface area contributed by atoms with Crippen LogP contribution >= 0.6 is 11.8 Å². The van der Waals surface area contributed by atoms with E-state index < -0.39 is 0 Å². The molecular weight excluding hydrogens is 270 g/mol. The normalized spacial score (nSPS) is 10.8. The standard InChI is InChI=1S/C15H21N3OS/c1-19-9-6-16-12-14-3-2-4-15(11-14)20-10-8-18-7-5-17-13-18/h2-5,7,11,13,16H,6,8-10,12H2,1H3. The molecule has 4 nitrogen and oxygen atoms in total. The van der Waals surface area contributed by atoms with E-state index in [-0.39, 0.29) is 0 Å². The summed E-state index contributed by atoms with van der Waals surface area (Å²) in [7, 11) is 1.72. The first kappa shape index (κ1) is 15.1. The Hall–Kier alpha value is -1.30. The predicted octanol–water partition coefficient (Wildman–Crippen LogP) is 2.41. The molecule has 0 aliphatic rings. The molecule has 20 heavy (non-hydrogen) atoms. The lowest BCUT2D eigenvalue weighted by Crippen LogP contribution is -2.18. The number of imidazole rings is 1. The van der Waals surface area contributed by atoms with Crippen LogP contribution in [0.2, 0.25) is 0 Å². The Labute approximate surface area is 124 Å². The largest absolute Gasteiger partial charge is 0.383 e.